The molecule has 12 heavy (non-hydrogen) atoms. The van der Waals surface area contributed by atoms with Crippen molar-refractivity contribution in [2.45, 2.75) is 0 Å². The van der Waals surface area contributed by atoms with Gasteiger partial charge in [-0.25, -0.2) is 0 Å². The first-order valence-corrected chi connectivity index (χ1v) is 4.29. The van der Waals surface area contributed by atoms with Crippen LogP contribution in [0, 0.1) is 0 Å². The molecule has 1 rings (SSSR count). The molecule has 0 aliphatic heterocycles. The molecular formula is C9H10N2S. The van der Waals surface area contributed by atoms with E-state index in [0.717, 1.165) is 10.5 Å². The third kappa shape index (κ3) is 2.07. The quantitative estimate of drug-likeness (QED) is 0.720. The van der Waals surface area contributed by atoms with Gasteiger partial charge in [-0.05, 0) is 11.6 Å². The minimum Gasteiger partial charge on any atom is -0.399 e. The van der Waals surface area contributed by atoms with Crippen LogP contribution < -0.4 is 5.73 Å². The SMILES string of the molecule is C=C/C(=C\C(=C)N)c1cncs1. The molecule has 0 amide bonds. The summed E-state index contributed by atoms with van der Waals surface area (Å²) in [6, 6.07) is 0. The lowest BCUT2D eigenvalue weighted by atomic mass is 10.2. The molecule has 0 aromatic carbocycles. The Balaban J connectivity index is 2.98. The van der Waals surface area contributed by atoms with Crippen LogP contribution in [-0.4, -0.2) is 4.98 Å². The van der Waals surface area contributed by atoms with Crippen LogP contribution in [0.25, 0.3) is 5.57 Å². The van der Waals surface area contributed by atoms with Gasteiger partial charge in [0.25, 0.3) is 0 Å². The topological polar surface area (TPSA) is 38.9 Å². The third-order valence-electron chi connectivity index (χ3n) is 1.28. The molecule has 0 unspecified atom stereocenters. The lowest BCUT2D eigenvalue weighted by Gasteiger charge is -1.95. The maximum Gasteiger partial charge on any atom is 0.0797 e. The minimum absolute atomic E-state index is 0.526. The van der Waals surface area contributed by atoms with Crippen molar-refractivity contribution in [1.82, 2.24) is 4.98 Å². The molecule has 1 aromatic rings. The van der Waals surface area contributed by atoms with Gasteiger partial charge in [0.1, 0.15) is 0 Å². The molecule has 0 atom stereocenters. The van der Waals surface area contributed by atoms with Crippen LogP contribution in [0.15, 0.2) is 42.7 Å². The van der Waals surface area contributed by atoms with Crippen LogP contribution in [0.1, 0.15) is 4.88 Å². The van der Waals surface area contributed by atoms with Gasteiger partial charge >= 0.3 is 0 Å². The van der Waals surface area contributed by atoms with Gasteiger partial charge in [-0.2, -0.15) is 0 Å². The van der Waals surface area contributed by atoms with E-state index in [4.69, 9.17) is 5.73 Å². The molecule has 0 saturated carbocycles. The molecule has 0 radical (unpaired) electrons. The van der Waals surface area contributed by atoms with Crippen LogP contribution in [0.3, 0.4) is 0 Å². The molecular weight excluding hydrogens is 168 g/mol. The fraction of sp³-hybridized carbons (Fsp3) is 0. The highest BCUT2D eigenvalue weighted by atomic mass is 32.1. The zero-order chi connectivity index (χ0) is 8.97. The first-order chi connectivity index (χ1) is 5.74. The molecule has 1 heterocycles. The standard InChI is InChI=1S/C9H10N2S/c1-3-8(4-7(2)10)9-5-11-6-12-9/h3-6H,1-2,10H2/b8-4+. The summed E-state index contributed by atoms with van der Waals surface area (Å²) in [7, 11) is 0. The van der Waals surface area contributed by atoms with Gasteiger partial charge in [0.2, 0.25) is 0 Å². The van der Waals surface area contributed by atoms with Gasteiger partial charge in [0, 0.05) is 11.9 Å². The van der Waals surface area contributed by atoms with E-state index >= 15 is 0 Å². The highest BCUT2D eigenvalue weighted by molar-refractivity contribution is 7.10. The van der Waals surface area contributed by atoms with Gasteiger partial charge in [0.05, 0.1) is 10.4 Å². The van der Waals surface area contributed by atoms with Gasteiger partial charge in [-0.3, -0.25) is 4.98 Å². The van der Waals surface area contributed by atoms with Crippen molar-refractivity contribution >= 4 is 16.9 Å². The van der Waals surface area contributed by atoms with Crippen molar-refractivity contribution in [3.63, 3.8) is 0 Å². The number of aromatic nitrogens is 1. The van der Waals surface area contributed by atoms with Crippen molar-refractivity contribution in [3.05, 3.63) is 47.6 Å². The van der Waals surface area contributed by atoms with Crippen molar-refractivity contribution in [2.75, 3.05) is 0 Å². The molecule has 0 spiro atoms. The van der Waals surface area contributed by atoms with Gasteiger partial charge in [-0.15, -0.1) is 11.3 Å². The molecule has 0 aliphatic carbocycles. The molecule has 3 heteroatoms. The Labute approximate surface area is 75.8 Å². The molecule has 0 bridgehead atoms. The van der Waals surface area contributed by atoms with E-state index in [0.29, 0.717) is 5.70 Å². The monoisotopic (exact) mass is 178 g/mol. The molecule has 1 aromatic heterocycles. The van der Waals surface area contributed by atoms with Gasteiger partial charge in [0.15, 0.2) is 0 Å². The molecule has 62 valence electrons. The van der Waals surface area contributed by atoms with Gasteiger partial charge in [-0.1, -0.05) is 19.2 Å². The summed E-state index contributed by atoms with van der Waals surface area (Å²) in [6.45, 7) is 7.27. The Morgan fingerprint density at radius 2 is 2.42 bits per heavy atom. The van der Waals surface area contributed by atoms with E-state index in [9.17, 15) is 0 Å². The summed E-state index contributed by atoms with van der Waals surface area (Å²) in [5, 5.41) is 0. The second kappa shape index (κ2) is 3.88. The Bertz CT molecular complexity index is 309. The average molecular weight is 178 g/mol. The number of hydrogen-bond acceptors (Lipinski definition) is 3. The van der Waals surface area contributed by atoms with Crippen molar-refractivity contribution in [2.24, 2.45) is 5.73 Å². The summed E-state index contributed by atoms with van der Waals surface area (Å²) in [4.78, 5) is 5.01. The van der Waals surface area contributed by atoms with E-state index in [-0.39, 0.29) is 0 Å². The van der Waals surface area contributed by atoms with Crippen LogP contribution in [0.5, 0.6) is 0 Å². The Morgan fingerprint density at radius 3 is 2.83 bits per heavy atom. The summed E-state index contributed by atoms with van der Waals surface area (Å²) in [6.07, 6.45) is 5.30. The Morgan fingerprint density at radius 1 is 1.67 bits per heavy atom. The van der Waals surface area contributed by atoms with E-state index in [1.54, 1.807) is 35.2 Å². The number of rotatable bonds is 3. The fourth-order valence-corrected chi connectivity index (χ4v) is 1.42. The normalized spacial score (nSPS) is 11.2. The number of thiazole rings is 1. The van der Waals surface area contributed by atoms with Crippen molar-refractivity contribution < 1.29 is 0 Å². The largest absolute Gasteiger partial charge is 0.399 e. The first kappa shape index (κ1) is 8.74. The second-order valence-electron chi connectivity index (χ2n) is 2.24. The van der Waals surface area contributed by atoms with Crippen molar-refractivity contribution in [3.8, 4) is 0 Å². The third-order valence-corrected chi connectivity index (χ3v) is 2.10. The maximum absolute atomic E-state index is 5.44. The summed E-state index contributed by atoms with van der Waals surface area (Å²) in [5.74, 6) is 0. The average Bonchev–Trinajstić information content (AvgIpc) is 2.51. The lowest BCUT2D eigenvalue weighted by Crippen LogP contribution is -1.90. The molecule has 0 saturated heterocycles. The fourth-order valence-electron chi connectivity index (χ4n) is 0.789. The predicted octanol–water partition coefficient (Wildman–Crippen LogP) is 2.18. The number of nitrogens with two attached hydrogens (primary N) is 1. The summed E-state index contributed by atoms with van der Waals surface area (Å²) in [5.41, 5.74) is 8.70. The molecule has 2 N–H and O–H groups in total. The number of hydrogen-bond donors (Lipinski definition) is 1. The van der Waals surface area contributed by atoms with E-state index < -0.39 is 0 Å². The predicted molar refractivity (Wildman–Crippen MR) is 53.6 cm³/mol. The smallest absolute Gasteiger partial charge is 0.0797 e. The van der Waals surface area contributed by atoms with Crippen LogP contribution in [0.4, 0.5) is 0 Å². The van der Waals surface area contributed by atoms with Crippen LogP contribution in [-0.2, 0) is 0 Å². The Kier molecular flexibility index (Phi) is 2.82. The first-order valence-electron chi connectivity index (χ1n) is 3.41. The van der Waals surface area contributed by atoms with Crippen molar-refractivity contribution in [1.29, 1.82) is 0 Å². The highest BCUT2D eigenvalue weighted by Gasteiger charge is 1.97. The minimum atomic E-state index is 0.526. The van der Waals surface area contributed by atoms with E-state index in [1.807, 2.05) is 0 Å². The zero-order valence-electron chi connectivity index (χ0n) is 6.66. The zero-order valence-corrected chi connectivity index (χ0v) is 7.47. The maximum atomic E-state index is 5.44. The lowest BCUT2D eigenvalue weighted by molar-refractivity contribution is 1.41. The molecule has 0 aliphatic rings. The van der Waals surface area contributed by atoms with Crippen LogP contribution >= 0.6 is 11.3 Å². The number of allylic oxidation sites excluding steroid dienone is 3. The number of nitrogens with zero attached hydrogens (tertiary/aromatic N) is 1. The highest BCUT2D eigenvalue weighted by Crippen LogP contribution is 2.19. The van der Waals surface area contributed by atoms with Gasteiger partial charge < -0.3 is 5.73 Å². The van der Waals surface area contributed by atoms with E-state index in [1.165, 1.54) is 0 Å². The Hall–Kier alpha value is -1.35. The summed E-state index contributed by atoms with van der Waals surface area (Å²) >= 11 is 1.55. The second-order valence-corrected chi connectivity index (χ2v) is 3.13. The molecule has 2 nitrogen and oxygen atoms in total. The molecule has 0 fully saturated rings. The van der Waals surface area contributed by atoms with E-state index in [2.05, 4.69) is 18.1 Å². The summed E-state index contributed by atoms with van der Waals surface area (Å²) < 4.78 is 0. The van der Waals surface area contributed by atoms with Crippen LogP contribution in [0.2, 0.25) is 0 Å².